The van der Waals surface area contributed by atoms with E-state index in [1.165, 1.54) is 0 Å². The van der Waals surface area contributed by atoms with Gasteiger partial charge in [0.2, 0.25) is 0 Å². The number of rotatable bonds is 4. The molecule has 5 heteroatoms. The molecule has 19 heavy (non-hydrogen) atoms. The van der Waals surface area contributed by atoms with Crippen molar-refractivity contribution in [2.75, 3.05) is 33.8 Å². The number of carbonyl (C=O) groups is 1. The maximum absolute atomic E-state index is 12.5. The van der Waals surface area contributed by atoms with Gasteiger partial charge in [0.05, 0.1) is 12.7 Å². The fourth-order valence-corrected chi connectivity index (χ4v) is 2.85. The SMILES string of the molecule is CNCC1CCN(C(=O)c2cc(OC)ccc2Br)C1. The lowest BCUT2D eigenvalue weighted by Crippen LogP contribution is -2.30. The molecule has 4 nitrogen and oxygen atoms in total. The van der Waals surface area contributed by atoms with Crippen molar-refractivity contribution in [1.29, 1.82) is 0 Å². The van der Waals surface area contributed by atoms with Gasteiger partial charge in [-0.05, 0) is 60.1 Å². The highest BCUT2D eigenvalue weighted by atomic mass is 79.9. The Morgan fingerprint density at radius 2 is 2.37 bits per heavy atom. The molecule has 1 aromatic rings. The minimum Gasteiger partial charge on any atom is -0.497 e. The molecule has 0 spiro atoms. The van der Waals surface area contributed by atoms with Crippen LogP contribution in [-0.2, 0) is 0 Å². The van der Waals surface area contributed by atoms with Gasteiger partial charge in [-0.2, -0.15) is 0 Å². The molecule has 0 aliphatic carbocycles. The summed E-state index contributed by atoms with van der Waals surface area (Å²) in [6.07, 6.45) is 1.06. The van der Waals surface area contributed by atoms with Gasteiger partial charge in [0.1, 0.15) is 5.75 Å². The maximum atomic E-state index is 12.5. The van der Waals surface area contributed by atoms with Gasteiger partial charge in [0.25, 0.3) is 5.91 Å². The number of hydrogen-bond acceptors (Lipinski definition) is 3. The Bertz CT molecular complexity index is 465. The minimum atomic E-state index is 0.0735. The Labute approximate surface area is 122 Å². The molecule has 1 N–H and O–H groups in total. The van der Waals surface area contributed by atoms with Gasteiger partial charge in [-0.25, -0.2) is 0 Å². The molecule has 0 saturated carbocycles. The van der Waals surface area contributed by atoms with Crippen molar-refractivity contribution < 1.29 is 9.53 Å². The molecule has 2 rings (SSSR count). The lowest BCUT2D eigenvalue weighted by atomic mass is 10.1. The maximum Gasteiger partial charge on any atom is 0.255 e. The number of halogens is 1. The van der Waals surface area contributed by atoms with Crippen molar-refractivity contribution in [2.24, 2.45) is 5.92 Å². The topological polar surface area (TPSA) is 41.6 Å². The van der Waals surface area contributed by atoms with Gasteiger partial charge in [0, 0.05) is 17.6 Å². The summed E-state index contributed by atoms with van der Waals surface area (Å²) in [5, 5.41) is 3.17. The van der Waals surface area contributed by atoms with Crippen molar-refractivity contribution >= 4 is 21.8 Å². The molecule has 0 aromatic heterocycles. The second-order valence-corrected chi connectivity index (χ2v) is 5.66. The molecular weight excluding hydrogens is 308 g/mol. The summed E-state index contributed by atoms with van der Waals surface area (Å²) in [6, 6.07) is 5.49. The average molecular weight is 327 g/mol. The van der Waals surface area contributed by atoms with Crippen molar-refractivity contribution in [3.05, 3.63) is 28.2 Å². The molecule has 1 unspecified atom stereocenters. The van der Waals surface area contributed by atoms with Crippen molar-refractivity contribution in [2.45, 2.75) is 6.42 Å². The second kappa shape index (κ2) is 6.39. The van der Waals surface area contributed by atoms with Crippen LogP contribution in [-0.4, -0.2) is 44.6 Å². The lowest BCUT2D eigenvalue weighted by molar-refractivity contribution is 0.0786. The Morgan fingerprint density at radius 3 is 3.05 bits per heavy atom. The molecule has 0 bridgehead atoms. The van der Waals surface area contributed by atoms with Crippen LogP contribution in [0.25, 0.3) is 0 Å². The number of likely N-dealkylation sites (tertiary alicyclic amines) is 1. The molecule has 1 aliphatic heterocycles. The van der Waals surface area contributed by atoms with E-state index in [-0.39, 0.29) is 5.91 Å². The predicted octanol–water partition coefficient (Wildman–Crippen LogP) is 2.14. The highest BCUT2D eigenvalue weighted by molar-refractivity contribution is 9.10. The van der Waals surface area contributed by atoms with Crippen LogP contribution in [0.3, 0.4) is 0 Å². The highest BCUT2D eigenvalue weighted by Gasteiger charge is 2.27. The largest absolute Gasteiger partial charge is 0.497 e. The number of amides is 1. The molecule has 1 aromatic carbocycles. The number of benzene rings is 1. The Balaban J connectivity index is 2.12. The first-order valence-corrected chi connectivity index (χ1v) is 7.22. The first-order chi connectivity index (χ1) is 9.15. The Morgan fingerprint density at radius 1 is 1.58 bits per heavy atom. The monoisotopic (exact) mass is 326 g/mol. The summed E-state index contributed by atoms with van der Waals surface area (Å²) in [5.74, 6) is 1.33. The van der Waals surface area contributed by atoms with E-state index in [9.17, 15) is 4.79 Å². The Kier molecular flexibility index (Phi) is 4.82. The third-order valence-corrected chi connectivity index (χ3v) is 4.16. The zero-order chi connectivity index (χ0) is 13.8. The van der Waals surface area contributed by atoms with E-state index in [4.69, 9.17) is 4.74 Å². The zero-order valence-corrected chi connectivity index (χ0v) is 12.9. The third-order valence-electron chi connectivity index (χ3n) is 3.47. The molecule has 1 amide bonds. The summed E-state index contributed by atoms with van der Waals surface area (Å²) in [7, 11) is 3.55. The zero-order valence-electron chi connectivity index (χ0n) is 11.3. The Hall–Kier alpha value is -1.07. The van der Waals surface area contributed by atoms with Gasteiger partial charge in [0.15, 0.2) is 0 Å². The number of carbonyl (C=O) groups excluding carboxylic acids is 1. The number of hydrogen-bond donors (Lipinski definition) is 1. The van der Waals surface area contributed by atoms with E-state index in [2.05, 4.69) is 21.2 Å². The van der Waals surface area contributed by atoms with Crippen LogP contribution < -0.4 is 10.1 Å². The van der Waals surface area contributed by atoms with Crippen LogP contribution in [0.1, 0.15) is 16.8 Å². The van der Waals surface area contributed by atoms with Gasteiger partial charge in [-0.3, -0.25) is 4.79 Å². The summed E-state index contributed by atoms with van der Waals surface area (Å²) >= 11 is 3.44. The fourth-order valence-electron chi connectivity index (χ4n) is 2.44. The first-order valence-electron chi connectivity index (χ1n) is 6.43. The fraction of sp³-hybridized carbons (Fsp3) is 0.500. The summed E-state index contributed by atoms with van der Waals surface area (Å²) in [5.41, 5.74) is 0.671. The summed E-state index contributed by atoms with van der Waals surface area (Å²) in [4.78, 5) is 14.4. The molecule has 1 saturated heterocycles. The van der Waals surface area contributed by atoms with Crippen LogP contribution in [0.4, 0.5) is 0 Å². The minimum absolute atomic E-state index is 0.0735. The van der Waals surface area contributed by atoms with Crippen LogP contribution in [0.5, 0.6) is 5.75 Å². The summed E-state index contributed by atoms with van der Waals surface area (Å²) in [6.45, 7) is 2.61. The van der Waals surface area contributed by atoms with E-state index in [0.717, 1.165) is 30.5 Å². The molecule has 0 radical (unpaired) electrons. The van der Waals surface area contributed by atoms with Crippen LogP contribution in [0.15, 0.2) is 22.7 Å². The van der Waals surface area contributed by atoms with Crippen molar-refractivity contribution in [3.8, 4) is 5.75 Å². The molecule has 1 atom stereocenters. The molecule has 1 heterocycles. The summed E-state index contributed by atoms with van der Waals surface area (Å²) < 4.78 is 6.00. The van der Waals surface area contributed by atoms with Gasteiger partial charge >= 0.3 is 0 Å². The molecular formula is C14H19BrN2O2. The smallest absolute Gasteiger partial charge is 0.255 e. The first kappa shape index (κ1) is 14.3. The van der Waals surface area contributed by atoms with Gasteiger partial charge in [-0.1, -0.05) is 0 Å². The lowest BCUT2D eigenvalue weighted by Gasteiger charge is -2.18. The normalized spacial score (nSPS) is 18.7. The van der Waals surface area contributed by atoms with Gasteiger partial charge < -0.3 is 15.0 Å². The second-order valence-electron chi connectivity index (χ2n) is 4.81. The van der Waals surface area contributed by atoms with E-state index < -0.39 is 0 Å². The number of nitrogens with zero attached hydrogens (tertiary/aromatic N) is 1. The number of nitrogens with one attached hydrogen (secondary N) is 1. The van der Waals surface area contributed by atoms with E-state index in [0.29, 0.717) is 17.2 Å². The van der Waals surface area contributed by atoms with E-state index in [1.54, 1.807) is 13.2 Å². The standard InChI is InChI=1S/C14H19BrN2O2/c1-16-8-10-5-6-17(9-10)14(18)12-7-11(19-2)3-4-13(12)15/h3-4,7,10,16H,5-6,8-9H2,1-2H3. The molecule has 1 fully saturated rings. The predicted molar refractivity (Wildman–Crippen MR) is 78.6 cm³/mol. The highest BCUT2D eigenvalue weighted by Crippen LogP contribution is 2.26. The third kappa shape index (κ3) is 3.28. The average Bonchev–Trinajstić information content (AvgIpc) is 2.88. The number of methoxy groups -OCH3 is 1. The van der Waals surface area contributed by atoms with Crippen LogP contribution >= 0.6 is 15.9 Å². The van der Waals surface area contributed by atoms with Crippen molar-refractivity contribution in [1.82, 2.24) is 10.2 Å². The van der Waals surface area contributed by atoms with Crippen LogP contribution in [0, 0.1) is 5.92 Å². The van der Waals surface area contributed by atoms with Crippen LogP contribution in [0.2, 0.25) is 0 Å². The van der Waals surface area contributed by atoms with E-state index in [1.807, 2.05) is 24.1 Å². The molecule has 104 valence electrons. The van der Waals surface area contributed by atoms with Gasteiger partial charge in [-0.15, -0.1) is 0 Å². The molecule has 1 aliphatic rings. The number of ether oxygens (including phenoxy) is 1. The van der Waals surface area contributed by atoms with E-state index >= 15 is 0 Å². The van der Waals surface area contributed by atoms with Crippen molar-refractivity contribution in [3.63, 3.8) is 0 Å². The quantitative estimate of drug-likeness (QED) is 0.921.